The number of hydrogen-bond donors (Lipinski definition) is 1. The van der Waals surface area contributed by atoms with Crippen molar-refractivity contribution in [2.24, 2.45) is 0 Å². The number of carbonyl (C=O) groups is 1. The van der Waals surface area contributed by atoms with Crippen LogP contribution >= 0.6 is 0 Å². The van der Waals surface area contributed by atoms with Gasteiger partial charge in [-0.2, -0.15) is 0 Å². The number of hydrogen-bond acceptors (Lipinski definition) is 4. The summed E-state index contributed by atoms with van der Waals surface area (Å²) in [6, 6.07) is 12.3. The maximum atomic E-state index is 11.5. The van der Waals surface area contributed by atoms with Crippen molar-refractivity contribution in [2.75, 3.05) is 31.1 Å². The number of rotatable bonds is 4. The lowest BCUT2D eigenvalue weighted by molar-refractivity contribution is 0.101. The fraction of sp³-hybridized carbons (Fsp3) is 0.519. The van der Waals surface area contributed by atoms with E-state index >= 15 is 0 Å². The number of phenolic OH excluding ortho intramolecular Hbond substituents is 1. The summed E-state index contributed by atoms with van der Waals surface area (Å²) in [5.74, 6) is 0.553. The highest BCUT2D eigenvalue weighted by molar-refractivity contribution is 5.94. The number of piperazine rings is 1. The normalized spacial score (nSPS) is 15.9. The van der Waals surface area contributed by atoms with Crippen LogP contribution in [0.2, 0.25) is 0 Å². The fourth-order valence-electron chi connectivity index (χ4n) is 4.26. The summed E-state index contributed by atoms with van der Waals surface area (Å²) in [5, 5.41) is 11.0. The van der Waals surface area contributed by atoms with Crippen molar-refractivity contribution in [3.8, 4) is 5.75 Å². The molecule has 1 heterocycles. The monoisotopic (exact) mass is 422 g/mol. The molecule has 0 spiro atoms. The molecule has 4 heteroatoms. The van der Waals surface area contributed by atoms with Crippen LogP contribution in [0.4, 0.5) is 5.69 Å². The van der Waals surface area contributed by atoms with Gasteiger partial charge in [-0.05, 0) is 58.7 Å². The van der Waals surface area contributed by atoms with Crippen molar-refractivity contribution in [3.63, 3.8) is 0 Å². The lowest BCUT2D eigenvalue weighted by Crippen LogP contribution is -2.46. The molecule has 1 aliphatic heterocycles. The Bertz CT molecular complexity index is 890. The van der Waals surface area contributed by atoms with Gasteiger partial charge in [0.1, 0.15) is 5.75 Å². The Kier molecular flexibility index (Phi) is 6.52. The lowest BCUT2D eigenvalue weighted by Gasteiger charge is -2.36. The maximum absolute atomic E-state index is 11.5. The highest BCUT2D eigenvalue weighted by atomic mass is 16.3. The number of benzene rings is 2. The van der Waals surface area contributed by atoms with Crippen LogP contribution in [-0.2, 0) is 17.4 Å². The van der Waals surface area contributed by atoms with Crippen molar-refractivity contribution in [1.82, 2.24) is 4.90 Å². The summed E-state index contributed by atoms with van der Waals surface area (Å²) in [4.78, 5) is 16.4. The number of anilines is 1. The second kappa shape index (κ2) is 8.66. The van der Waals surface area contributed by atoms with Gasteiger partial charge < -0.3 is 10.0 Å². The molecule has 0 radical (unpaired) electrons. The first kappa shape index (κ1) is 23.3. The number of Topliss-reactive ketones (excluding diaryl/α,β-unsaturated/α-hetero) is 1. The van der Waals surface area contributed by atoms with Crippen molar-refractivity contribution in [2.45, 2.75) is 65.8 Å². The molecule has 1 fully saturated rings. The fourth-order valence-corrected chi connectivity index (χ4v) is 4.26. The van der Waals surface area contributed by atoms with Crippen LogP contribution in [0.1, 0.15) is 75.5 Å². The molecule has 3 rings (SSSR count). The average molecular weight is 423 g/mol. The van der Waals surface area contributed by atoms with Crippen LogP contribution in [0.5, 0.6) is 5.75 Å². The van der Waals surface area contributed by atoms with Gasteiger partial charge in [-0.1, -0.05) is 53.7 Å². The quantitative estimate of drug-likeness (QED) is 0.660. The van der Waals surface area contributed by atoms with Gasteiger partial charge in [-0.25, -0.2) is 0 Å². The van der Waals surface area contributed by atoms with E-state index < -0.39 is 0 Å². The highest BCUT2D eigenvalue weighted by Crippen LogP contribution is 2.40. The largest absolute Gasteiger partial charge is 0.507 e. The van der Waals surface area contributed by atoms with E-state index in [4.69, 9.17) is 0 Å². The van der Waals surface area contributed by atoms with Crippen LogP contribution in [-0.4, -0.2) is 42.0 Å². The third-order valence-corrected chi connectivity index (χ3v) is 6.20. The van der Waals surface area contributed by atoms with Crippen molar-refractivity contribution < 1.29 is 9.90 Å². The van der Waals surface area contributed by atoms with Crippen LogP contribution in [0.25, 0.3) is 0 Å². The Labute approximate surface area is 187 Å². The molecule has 0 atom stereocenters. The predicted molar refractivity (Wildman–Crippen MR) is 129 cm³/mol. The summed E-state index contributed by atoms with van der Waals surface area (Å²) in [6.45, 7) is 19.4. The van der Waals surface area contributed by atoms with Crippen molar-refractivity contribution in [1.29, 1.82) is 0 Å². The molecule has 4 nitrogen and oxygen atoms in total. The highest BCUT2D eigenvalue weighted by Gasteiger charge is 2.27. The van der Waals surface area contributed by atoms with Crippen LogP contribution < -0.4 is 4.90 Å². The third-order valence-electron chi connectivity index (χ3n) is 6.20. The first-order valence-corrected chi connectivity index (χ1v) is 11.3. The van der Waals surface area contributed by atoms with Crippen molar-refractivity contribution in [3.05, 3.63) is 58.7 Å². The van der Waals surface area contributed by atoms with Crippen molar-refractivity contribution >= 4 is 11.5 Å². The second-order valence-electron chi connectivity index (χ2n) is 10.9. The van der Waals surface area contributed by atoms with E-state index in [1.165, 1.54) is 11.3 Å². The zero-order chi connectivity index (χ0) is 23.0. The molecule has 0 unspecified atom stereocenters. The minimum atomic E-state index is -0.106. The van der Waals surface area contributed by atoms with Crippen LogP contribution in [0.3, 0.4) is 0 Å². The molecule has 2 aromatic carbocycles. The van der Waals surface area contributed by atoms with E-state index in [0.717, 1.165) is 49.4 Å². The Hall–Kier alpha value is -2.33. The molecule has 0 amide bonds. The van der Waals surface area contributed by atoms with Crippen LogP contribution in [0.15, 0.2) is 36.4 Å². The summed E-state index contributed by atoms with van der Waals surface area (Å²) in [7, 11) is 0. The van der Waals surface area contributed by atoms with Gasteiger partial charge in [0.2, 0.25) is 0 Å². The summed E-state index contributed by atoms with van der Waals surface area (Å²) >= 11 is 0. The first-order valence-electron chi connectivity index (χ1n) is 11.3. The van der Waals surface area contributed by atoms with Gasteiger partial charge in [0, 0.05) is 44.0 Å². The number of phenols is 1. The van der Waals surface area contributed by atoms with Gasteiger partial charge >= 0.3 is 0 Å². The standard InChI is InChI=1S/C27H38N2O2/c1-19(30)21-8-10-22(11-9-21)29-14-12-28(13-15-29)18-20-16-23(26(2,3)4)25(31)24(17-20)27(5,6)7/h8-11,16-17,31H,12-15,18H2,1-7H3. The SMILES string of the molecule is CC(=O)c1ccc(N2CCN(Cc3cc(C(C)(C)C)c(O)c(C(C)(C)C)c3)CC2)cc1. The van der Waals surface area contributed by atoms with E-state index in [2.05, 4.69) is 75.6 Å². The number of carbonyl (C=O) groups excluding carboxylic acids is 1. The van der Waals surface area contributed by atoms with E-state index in [1.54, 1.807) is 6.92 Å². The molecule has 0 aromatic heterocycles. The summed E-state index contributed by atoms with van der Waals surface area (Å²) < 4.78 is 0. The smallest absolute Gasteiger partial charge is 0.159 e. The number of aromatic hydroxyl groups is 1. The molecule has 168 valence electrons. The average Bonchev–Trinajstić information content (AvgIpc) is 2.68. The minimum Gasteiger partial charge on any atom is -0.507 e. The zero-order valence-electron chi connectivity index (χ0n) is 20.2. The molecule has 31 heavy (non-hydrogen) atoms. The Morgan fingerprint density at radius 3 is 1.77 bits per heavy atom. The molecule has 1 N–H and O–H groups in total. The van der Waals surface area contributed by atoms with E-state index in [1.807, 2.05) is 12.1 Å². The predicted octanol–water partition coefficient (Wildman–Crippen LogP) is 5.51. The molecular formula is C27H38N2O2. The molecule has 0 saturated carbocycles. The van der Waals surface area contributed by atoms with Gasteiger partial charge in [0.05, 0.1) is 0 Å². The van der Waals surface area contributed by atoms with Crippen LogP contribution in [0, 0.1) is 0 Å². The molecule has 0 aliphatic carbocycles. The Morgan fingerprint density at radius 2 is 1.35 bits per heavy atom. The molecule has 1 aliphatic rings. The van der Waals surface area contributed by atoms with Gasteiger partial charge in [0.25, 0.3) is 0 Å². The van der Waals surface area contributed by atoms with E-state index in [9.17, 15) is 9.90 Å². The van der Waals surface area contributed by atoms with Gasteiger partial charge in [-0.3, -0.25) is 9.69 Å². The van der Waals surface area contributed by atoms with Gasteiger partial charge in [0.15, 0.2) is 5.78 Å². The molecular weight excluding hydrogens is 384 g/mol. The number of ketones is 1. The zero-order valence-corrected chi connectivity index (χ0v) is 20.2. The first-order chi connectivity index (χ1) is 14.4. The Balaban J connectivity index is 1.73. The van der Waals surface area contributed by atoms with Gasteiger partial charge in [-0.15, -0.1) is 0 Å². The third kappa shape index (κ3) is 5.48. The molecule has 2 aromatic rings. The minimum absolute atomic E-state index is 0.106. The lowest BCUT2D eigenvalue weighted by atomic mass is 9.78. The summed E-state index contributed by atoms with van der Waals surface area (Å²) in [5.41, 5.74) is 5.05. The topological polar surface area (TPSA) is 43.8 Å². The Morgan fingerprint density at radius 1 is 0.871 bits per heavy atom. The molecule has 0 bridgehead atoms. The number of nitrogens with zero attached hydrogens (tertiary/aromatic N) is 2. The molecule has 1 saturated heterocycles. The van der Waals surface area contributed by atoms with E-state index in [0.29, 0.717) is 5.75 Å². The second-order valence-corrected chi connectivity index (χ2v) is 10.9. The summed E-state index contributed by atoms with van der Waals surface area (Å²) in [6.07, 6.45) is 0. The van der Waals surface area contributed by atoms with E-state index in [-0.39, 0.29) is 16.6 Å². The maximum Gasteiger partial charge on any atom is 0.159 e.